The summed E-state index contributed by atoms with van der Waals surface area (Å²) >= 11 is 2.81. The smallest absolute Gasteiger partial charge is 0.236 e. The number of benzene rings is 1. The highest BCUT2D eigenvalue weighted by Gasteiger charge is 2.33. The highest BCUT2D eigenvalue weighted by molar-refractivity contribution is 7.20. The van der Waals surface area contributed by atoms with Gasteiger partial charge in [0.1, 0.15) is 22.5 Å². The van der Waals surface area contributed by atoms with Gasteiger partial charge in [-0.1, -0.05) is 29.6 Å². The number of halogens is 1. The van der Waals surface area contributed by atoms with E-state index < -0.39 is 6.10 Å². The lowest BCUT2D eigenvalue weighted by molar-refractivity contribution is -0.142. The summed E-state index contributed by atoms with van der Waals surface area (Å²) in [4.78, 5) is 31.3. The van der Waals surface area contributed by atoms with Gasteiger partial charge in [0.25, 0.3) is 0 Å². The van der Waals surface area contributed by atoms with Gasteiger partial charge in [-0.15, -0.1) is 5.10 Å². The third-order valence-corrected chi connectivity index (χ3v) is 9.99. The molecule has 1 N–H and O–H groups in total. The lowest BCUT2D eigenvalue weighted by atomic mass is 10.1. The summed E-state index contributed by atoms with van der Waals surface area (Å²) in [7, 11) is 3.87. The number of anilines is 3. The number of aryl methyl sites for hydroxylation is 2. The van der Waals surface area contributed by atoms with Gasteiger partial charge in [0.05, 0.1) is 18.3 Å². The Morgan fingerprint density at radius 3 is 2.71 bits per heavy atom. The third kappa shape index (κ3) is 5.11. The number of fused-ring (bicyclic) bond motifs is 1. The van der Waals surface area contributed by atoms with Crippen molar-refractivity contribution in [2.45, 2.75) is 38.8 Å². The van der Waals surface area contributed by atoms with Gasteiger partial charge < -0.3 is 19.8 Å². The van der Waals surface area contributed by atoms with Crippen molar-refractivity contribution in [3.63, 3.8) is 0 Å². The number of likely N-dealkylation sites (tertiary alicyclic amines) is 1. The molecule has 1 atom stereocenters. The summed E-state index contributed by atoms with van der Waals surface area (Å²) in [6.07, 6.45) is 1.22. The second-order valence-corrected chi connectivity index (χ2v) is 12.8. The van der Waals surface area contributed by atoms with Gasteiger partial charge in [-0.25, -0.2) is 14.4 Å². The number of thiazole rings is 1. The normalized spacial score (nSPS) is 17.3. The van der Waals surface area contributed by atoms with Crippen LogP contribution in [0.25, 0.3) is 16.2 Å². The fraction of sp³-hybridized carbons (Fsp3) is 0.464. The molecule has 42 heavy (non-hydrogen) atoms. The minimum absolute atomic E-state index is 0.0493. The Hall–Kier alpha value is -3.64. The number of carbonyl (C=O) groups excluding carboxylic acids is 1. The highest BCUT2D eigenvalue weighted by Crippen LogP contribution is 2.38. The fourth-order valence-corrected chi connectivity index (χ4v) is 7.25. The van der Waals surface area contributed by atoms with E-state index in [1.54, 1.807) is 24.0 Å². The first-order chi connectivity index (χ1) is 20.2. The number of amides is 1. The van der Waals surface area contributed by atoms with Gasteiger partial charge in [0.2, 0.25) is 16.0 Å². The SMILES string of the molecule is CCc1nc2sc(N3CCC(N(C)CC(=O)N4CC(O)C4)C3)nn2c1N(C)c1nc(-c2ccc(F)c(C)c2)c(C#N)s1. The van der Waals surface area contributed by atoms with Gasteiger partial charge in [-0.2, -0.15) is 9.78 Å². The van der Waals surface area contributed by atoms with Crippen LogP contribution in [-0.4, -0.2) is 99.4 Å². The van der Waals surface area contributed by atoms with E-state index in [2.05, 4.69) is 15.9 Å². The van der Waals surface area contributed by atoms with Crippen LogP contribution in [0, 0.1) is 24.1 Å². The molecule has 4 aromatic rings. The predicted molar refractivity (Wildman–Crippen MR) is 161 cm³/mol. The summed E-state index contributed by atoms with van der Waals surface area (Å²) in [5.41, 5.74) is 2.60. The number of hydrogen-bond acceptors (Lipinski definition) is 11. The molecule has 220 valence electrons. The highest BCUT2D eigenvalue weighted by atomic mass is 32.1. The molecule has 1 unspecified atom stereocenters. The van der Waals surface area contributed by atoms with Crippen LogP contribution in [0.1, 0.15) is 29.5 Å². The number of hydrogen-bond donors (Lipinski definition) is 1. The number of imidazole rings is 1. The topological polar surface area (TPSA) is 117 Å². The van der Waals surface area contributed by atoms with E-state index in [-0.39, 0.29) is 17.8 Å². The van der Waals surface area contributed by atoms with Crippen molar-refractivity contribution in [2.75, 3.05) is 56.6 Å². The molecule has 2 aliphatic heterocycles. The first-order valence-corrected chi connectivity index (χ1v) is 15.5. The fourth-order valence-electron chi connectivity index (χ4n) is 5.45. The average molecular weight is 610 g/mol. The molecule has 0 saturated carbocycles. The Labute approximate surface area is 251 Å². The van der Waals surface area contributed by atoms with Gasteiger partial charge in [-0.3, -0.25) is 9.69 Å². The average Bonchev–Trinajstić information content (AvgIpc) is 3.74. The quantitative estimate of drug-likeness (QED) is 0.321. The van der Waals surface area contributed by atoms with E-state index in [4.69, 9.17) is 15.1 Å². The Morgan fingerprint density at radius 2 is 2.02 bits per heavy atom. The number of likely N-dealkylation sites (N-methyl/N-ethyl adjacent to an activating group) is 1. The standard InChI is InChI=1S/C28H32FN9O2S2/c1-5-21-25(35(4)26-32-24(22(11-30)41-26)17-6-7-20(29)16(2)10-17)38-27(31-21)42-28(33-38)36-9-8-18(12-36)34(3)15-23(40)37-13-19(39)14-37/h6-7,10,18-19,39H,5,8-9,12-15H2,1-4H3. The molecule has 0 bridgehead atoms. The Bertz CT molecular complexity index is 1690. The van der Waals surface area contributed by atoms with Gasteiger partial charge in [-0.05, 0) is 50.6 Å². The number of aliphatic hydroxyl groups excluding tert-OH is 1. The first-order valence-electron chi connectivity index (χ1n) is 13.9. The van der Waals surface area contributed by atoms with Crippen LogP contribution in [0.3, 0.4) is 0 Å². The van der Waals surface area contributed by atoms with Crippen molar-refractivity contribution in [2.24, 2.45) is 0 Å². The van der Waals surface area contributed by atoms with Gasteiger partial charge >= 0.3 is 0 Å². The molecular weight excluding hydrogens is 578 g/mol. The first kappa shape index (κ1) is 28.5. The Kier molecular flexibility index (Phi) is 7.61. The minimum atomic E-state index is -0.396. The molecule has 1 aromatic carbocycles. The molecule has 0 radical (unpaired) electrons. The summed E-state index contributed by atoms with van der Waals surface area (Å²) < 4.78 is 15.7. The number of aromatic nitrogens is 4. The monoisotopic (exact) mass is 609 g/mol. The van der Waals surface area contributed by atoms with Gasteiger partial charge in [0, 0.05) is 44.8 Å². The molecule has 0 aliphatic carbocycles. The third-order valence-electron chi connectivity index (χ3n) is 7.98. The predicted octanol–water partition coefficient (Wildman–Crippen LogP) is 3.28. The molecule has 2 aliphatic rings. The second-order valence-electron chi connectivity index (χ2n) is 10.9. The molecule has 1 amide bonds. The number of nitrogens with zero attached hydrogens (tertiary/aromatic N) is 9. The van der Waals surface area contributed by atoms with Crippen LogP contribution >= 0.6 is 22.7 Å². The molecule has 2 fully saturated rings. The van der Waals surface area contributed by atoms with Crippen molar-refractivity contribution in [1.29, 1.82) is 5.26 Å². The molecule has 5 heterocycles. The van der Waals surface area contributed by atoms with Crippen molar-refractivity contribution < 1.29 is 14.3 Å². The number of carbonyl (C=O) groups is 1. The Morgan fingerprint density at radius 1 is 1.24 bits per heavy atom. The summed E-state index contributed by atoms with van der Waals surface area (Å²) in [5, 5.41) is 25.8. The van der Waals surface area contributed by atoms with Crippen LogP contribution in [-0.2, 0) is 11.2 Å². The van der Waals surface area contributed by atoms with Crippen molar-refractivity contribution in [3.05, 3.63) is 40.2 Å². The molecular formula is C28H32FN9O2S2. The maximum absolute atomic E-state index is 13.9. The maximum Gasteiger partial charge on any atom is 0.236 e. The summed E-state index contributed by atoms with van der Waals surface area (Å²) in [5.74, 6) is 0.550. The summed E-state index contributed by atoms with van der Waals surface area (Å²) in [6, 6.07) is 7.23. The molecule has 3 aromatic heterocycles. The van der Waals surface area contributed by atoms with E-state index in [0.29, 0.717) is 52.9 Å². The van der Waals surface area contributed by atoms with Crippen LogP contribution in [0.4, 0.5) is 20.5 Å². The van der Waals surface area contributed by atoms with Crippen LogP contribution in [0.2, 0.25) is 0 Å². The van der Waals surface area contributed by atoms with Gasteiger partial charge in [0.15, 0.2) is 10.9 Å². The lowest BCUT2D eigenvalue weighted by Gasteiger charge is -2.37. The molecule has 2 saturated heterocycles. The number of β-amino-alcohol motifs (C(OH)–C–C–N with tert-alkyl or cyclic N) is 1. The van der Waals surface area contributed by atoms with Crippen molar-refractivity contribution >= 4 is 49.6 Å². The van der Waals surface area contributed by atoms with Crippen LogP contribution < -0.4 is 9.80 Å². The zero-order valence-electron chi connectivity index (χ0n) is 23.9. The van der Waals surface area contributed by atoms with E-state index in [0.717, 1.165) is 41.1 Å². The van der Waals surface area contributed by atoms with Crippen molar-refractivity contribution in [1.82, 2.24) is 29.4 Å². The molecule has 0 spiro atoms. The minimum Gasteiger partial charge on any atom is -0.389 e. The number of nitriles is 1. The van der Waals surface area contributed by atoms with Crippen LogP contribution in [0.5, 0.6) is 0 Å². The largest absolute Gasteiger partial charge is 0.389 e. The Balaban J connectivity index is 1.23. The van der Waals surface area contributed by atoms with Crippen LogP contribution in [0.15, 0.2) is 18.2 Å². The molecule has 14 heteroatoms. The number of aliphatic hydroxyl groups is 1. The zero-order chi connectivity index (χ0) is 29.7. The molecule has 6 rings (SSSR count). The maximum atomic E-state index is 13.9. The lowest BCUT2D eigenvalue weighted by Crippen LogP contribution is -2.56. The van der Waals surface area contributed by atoms with E-state index in [1.807, 2.05) is 30.4 Å². The summed E-state index contributed by atoms with van der Waals surface area (Å²) in [6.45, 7) is 6.50. The van der Waals surface area contributed by atoms with Crippen molar-refractivity contribution in [3.8, 4) is 17.3 Å². The van der Waals surface area contributed by atoms with E-state index >= 15 is 0 Å². The zero-order valence-corrected chi connectivity index (χ0v) is 25.5. The van der Waals surface area contributed by atoms with E-state index in [9.17, 15) is 19.6 Å². The molecule has 11 nitrogen and oxygen atoms in total. The number of rotatable bonds is 8. The second kappa shape index (κ2) is 11.2. The van der Waals surface area contributed by atoms with E-state index in [1.165, 1.54) is 28.7 Å².